The molecule has 0 aromatic heterocycles. The van der Waals surface area contributed by atoms with Gasteiger partial charge in [-0.15, -0.1) is 0 Å². The van der Waals surface area contributed by atoms with E-state index in [2.05, 4.69) is 32.2 Å². The summed E-state index contributed by atoms with van der Waals surface area (Å²) in [6, 6.07) is 8.26. The molecular formula is C14H20N2O. The van der Waals surface area contributed by atoms with Gasteiger partial charge in [0.1, 0.15) is 11.8 Å². The van der Waals surface area contributed by atoms with Crippen LogP contribution < -0.4 is 10.1 Å². The molecule has 1 N–H and O–H groups in total. The first-order valence-corrected chi connectivity index (χ1v) is 5.89. The van der Waals surface area contributed by atoms with Gasteiger partial charge in [-0.25, -0.2) is 0 Å². The summed E-state index contributed by atoms with van der Waals surface area (Å²) in [6.45, 7) is 7.35. The lowest BCUT2D eigenvalue weighted by atomic mass is 10.1. The Kier molecular flexibility index (Phi) is 4.99. The highest BCUT2D eigenvalue weighted by atomic mass is 16.5. The number of hydrogen-bond donors (Lipinski definition) is 1. The van der Waals surface area contributed by atoms with E-state index in [4.69, 9.17) is 10.00 Å². The van der Waals surface area contributed by atoms with Gasteiger partial charge in [0.15, 0.2) is 0 Å². The Morgan fingerprint density at radius 1 is 1.35 bits per heavy atom. The molecule has 0 aliphatic rings. The van der Waals surface area contributed by atoms with E-state index in [0.29, 0.717) is 23.3 Å². The first kappa shape index (κ1) is 13.5. The van der Waals surface area contributed by atoms with Crippen molar-refractivity contribution in [2.45, 2.75) is 33.4 Å². The average molecular weight is 232 g/mol. The molecule has 1 rings (SSSR count). The fraction of sp³-hybridized carbons (Fsp3) is 0.500. The summed E-state index contributed by atoms with van der Waals surface area (Å²) in [6.07, 6.45) is 0. The van der Waals surface area contributed by atoms with Crippen LogP contribution in [0.1, 0.15) is 31.9 Å². The molecule has 1 atom stereocenters. The van der Waals surface area contributed by atoms with Crippen molar-refractivity contribution in [2.24, 2.45) is 5.92 Å². The molecule has 17 heavy (non-hydrogen) atoms. The molecule has 0 spiro atoms. The Labute approximate surface area is 103 Å². The van der Waals surface area contributed by atoms with Crippen molar-refractivity contribution in [1.82, 2.24) is 5.32 Å². The van der Waals surface area contributed by atoms with Crippen molar-refractivity contribution in [3.05, 3.63) is 29.3 Å². The molecule has 0 amide bonds. The number of methoxy groups -OCH3 is 1. The van der Waals surface area contributed by atoms with Crippen LogP contribution >= 0.6 is 0 Å². The van der Waals surface area contributed by atoms with Crippen molar-refractivity contribution in [1.29, 1.82) is 5.26 Å². The summed E-state index contributed by atoms with van der Waals surface area (Å²) in [5, 5.41) is 12.3. The van der Waals surface area contributed by atoms with E-state index in [9.17, 15) is 0 Å². The van der Waals surface area contributed by atoms with E-state index in [-0.39, 0.29) is 0 Å². The van der Waals surface area contributed by atoms with Crippen molar-refractivity contribution >= 4 is 0 Å². The molecule has 0 radical (unpaired) electrons. The van der Waals surface area contributed by atoms with Crippen molar-refractivity contribution in [3.8, 4) is 11.8 Å². The van der Waals surface area contributed by atoms with Crippen molar-refractivity contribution in [2.75, 3.05) is 7.11 Å². The predicted octanol–water partition coefficient (Wildman–Crippen LogP) is 2.70. The zero-order valence-corrected chi connectivity index (χ0v) is 10.9. The molecule has 0 aliphatic heterocycles. The molecule has 0 aliphatic carbocycles. The van der Waals surface area contributed by atoms with Crippen molar-refractivity contribution in [3.63, 3.8) is 0 Å². The minimum absolute atomic E-state index is 0.469. The van der Waals surface area contributed by atoms with Gasteiger partial charge in [0.05, 0.1) is 12.7 Å². The van der Waals surface area contributed by atoms with Gasteiger partial charge in [0, 0.05) is 12.6 Å². The fourth-order valence-electron chi connectivity index (χ4n) is 1.45. The van der Waals surface area contributed by atoms with E-state index in [1.54, 1.807) is 13.2 Å². The van der Waals surface area contributed by atoms with Gasteiger partial charge in [-0.3, -0.25) is 0 Å². The van der Waals surface area contributed by atoms with Crippen LogP contribution in [-0.4, -0.2) is 13.2 Å². The lowest BCUT2D eigenvalue weighted by Gasteiger charge is -2.17. The Morgan fingerprint density at radius 2 is 2.06 bits per heavy atom. The minimum atomic E-state index is 0.469. The summed E-state index contributed by atoms with van der Waals surface area (Å²) in [7, 11) is 1.59. The molecule has 1 aromatic carbocycles. The molecule has 92 valence electrons. The van der Waals surface area contributed by atoms with Gasteiger partial charge < -0.3 is 10.1 Å². The highest BCUT2D eigenvalue weighted by Crippen LogP contribution is 2.19. The number of nitriles is 1. The molecule has 0 bridgehead atoms. The van der Waals surface area contributed by atoms with E-state index in [0.717, 1.165) is 12.1 Å². The fourth-order valence-corrected chi connectivity index (χ4v) is 1.45. The quantitative estimate of drug-likeness (QED) is 0.849. The Bertz CT molecular complexity index is 407. The van der Waals surface area contributed by atoms with E-state index in [1.165, 1.54) is 0 Å². The molecule has 1 unspecified atom stereocenters. The molecule has 0 saturated heterocycles. The van der Waals surface area contributed by atoms with Gasteiger partial charge in [-0.2, -0.15) is 5.26 Å². The van der Waals surface area contributed by atoms with Crippen LogP contribution in [0.4, 0.5) is 0 Å². The average Bonchev–Trinajstić information content (AvgIpc) is 2.35. The van der Waals surface area contributed by atoms with E-state index in [1.807, 2.05) is 12.1 Å². The van der Waals surface area contributed by atoms with Crippen LogP contribution in [-0.2, 0) is 6.54 Å². The standard InChI is InChI=1S/C14H20N2O/c1-10(2)11(3)16-9-12-5-6-13(8-15)14(7-12)17-4/h5-7,10-11,16H,9H2,1-4H3. The van der Waals surface area contributed by atoms with Crippen LogP contribution in [0.5, 0.6) is 5.75 Å². The number of nitrogens with one attached hydrogen (secondary N) is 1. The second-order valence-corrected chi connectivity index (χ2v) is 4.56. The van der Waals surface area contributed by atoms with E-state index < -0.39 is 0 Å². The zero-order valence-electron chi connectivity index (χ0n) is 10.9. The highest BCUT2D eigenvalue weighted by molar-refractivity contribution is 5.45. The maximum absolute atomic E-state index is 8.89. The largest absolute Gasteiger partial charge is 0.495 e. The van der Waals surface area contributed by atoms with E-state index >= 15 is 0 Å². The third-order valence-electron chi connectivity index (χ3n) is 3.01. The second-order valence-electron chi connectivity index (χ2n) is 4.56. The zero-order chi connectivity index (χ0) is 12.8. The van der Waals surface area contributed by atoms with Crippen LogP contribution in [0.25, 0.3) is 0 Å². The number of hydrogen-bond acceptors (Lipinski definition) is 3. The SMILES string of the molecule is COc1cc(CNC(C)C(C)C)ccc1C#N. The lowest BCUT2D eigenvalue weighted by molar-refractivity contribution is 0.409. The van der Waals surface area contributed by atoms with Gasteiger partial charge >= 0.3 is 0 Å². The van der Waals surface area contributed by atoms with Gasteiger partial charge in [0.25, 0.3) is 0 Å². The Morgan fingerprint density at radius 3 is 2.59 bits per heavy atom. The van der Waals surface area contributed by atoms with Crippen molar-refractivity contribution < 1.29 is 4.74 Å². The molecule has 3 heteroatoms. The molecule has 1 aromatic rings. The summed E-state index contributed by atoms with van der Waals surface area (Å²) >= 11 is 0. The first-order chi connectivity index (χ1) is 8.08. The summed E-state index contributed by atoms with van der Waals surface area (Å²) in [5.74, 6) is 1.25. The monoisotopic (exact) mass is 232 g/mol. The third kappa shape index (κ3) is 3.76. The van der Waals surface area contributed by atoms with Crippen LogP contribution in [0.3, 0.4) is 0 Å². The first-order valence-electron chi connectivity index (χ1n) is 5.89. The maximum atomic E-state index is 8.89. The summed E-state index contributed by atoms with van der Waals surface area (Å²) in [5.41, 5.74) is 1.71. The number of ether oxygens (including phenoxy) is 1. The number of nitrogens with zero attached hydrogens (tertiary/aromatic N) is 1. The van der Waals surface area contributed by atoms with Crippen LogP contribution in [0, 0.1) is 17.2 Å². The topological polar surface area (TPSA) is 45.0 Å². The maximum Gasteiger partial charge on any atom is 0.136 e. The molecule has 0 fully saturated rings. The molecular weight excluding hydrogens is 212 g/mol. The van der Waals surface area contributed by atoms with Crippen LogP contribution in [0.15, 0.2) is 18.2 Å². The van der Waals surface area contributed by atoms with Gasteiger partial charge in [-0.1, -0.05) is 19.9 Å². The van der Waals surface area contributed by atoms with Gasteiger partial charge in [0.2, 0.25) is 0 Å². The normalized spacial score (nSPS) is 12.2. The lowest BCUT2D eigenvalue weighted by Crippen LogP contribution is -2.30. The smallest absolute Gasteiger partial charge is 0.136 e. The van der Waals surface area contributed by atoms with Crippen LogP contribution in [0.2, 0.25) is 0 Å². The molecule has 0 saturated carbocycles. The Balaban J connectivity index is 2.70. The second kappa shape index (κ2) is 6.27. The number of benzene rings is 1. The Hall–Kier alpha value is -1.53. The third-order valence-corrected chi connectivity index (χ3v) is 3.01. The summed E-state index contributed by atoms with van der Waals surface area (Å²) in [4.78, 5) is 0. The van der Waals surface area contributed by atoms with Gasteiger partial charge in [-0.05, 0) is 30.5 Å². The summed E-state index contributed by atoms with van der Waals surface area (Å²) < 4.78 is 5.18. The predicted molar refractivity (Wildman–Crippen MR) is 68.8 cm³/mol. The number of rotatable bonds is 5. The highest BCUT2D eigenvalue weighted by Gasteiger charge is 2.07. The minimum Gasteiger partial charge on any atom is -0.495 e. The molecule has 0 heterocycles. The molecule has 3 nitrogen and oxygen atoms in total.